The zero-order valence-electron chi connectivity index (χ0n) is 15.3. The lowest BCUT2D eigenvalue weighted by molar-refractivity contribution is -0.130. The van der Waals surface area contributed by atoms with Gasteiger partial charge >= 0.3 is 6.03 Å². The molecule has 1 N–H and O–H groups in total. The zero-order valence-corrected chi connectivity index (χ0v) is 15.3. The number of nitrogens with zero attached hydrogens (tertiary/aromatic N) is 1. The van der Waals surface area contributed by atoms with Gasteiger partial charge in [-0.2, -0.15) is 0 Å². The molecule has 5 nitrogen and oxygen atoms in total. The summed E-state index contributed by atoms with van der Waals surface area (Å²) in [6.45, 7) is 1.43. The normalized spacial score (nSPS) is 21.7. The van der Waals surface area contributed by atoms with Gasteiger partial charge in [-0.25, -0.2) is 4.79 Å². The van der Waals surface area contributed by atoms with Gasteiger partial charge in [0.2, 0.25) is 0 Å². The van der Waals surface area contributed by atoms with E-state index in [9.17, 15) is 14.4 Å². The van der Waals surface area contributed by atoms with Gasteiger partial charge in [-0.15, -0.1) is 0 Å². The predicted molar refractivity (Wildman–Crippen MR) is 101 cm³/mol. The van der Waals surface area contributed by atoms with E-state index >= 15 is 0 Å². The number of Topliss-reactive ketones (excluding diaryl/α,β-unsaturated/α-hetero) is 1. The van der Waals surface area contributed by atoms with Crippen molar-refractivity contribution in [2.45, 2.75) is 38.1 Å². The number of amides is 3. The lowest BCUT2D eigenvalue weighted by Gasteiger charge is -2.22. The molecule has 3 amide bonds. The smallest absolute Gasteiger partial charge is 0.319 e. The molecule has 2 aliphatic rings. The molecule has 2 aromatic carbocycles. The number of imide groups is 1. The van der Waals surface area contributed by atoms with Crippen LogP contribution in [0.15, 0.2) is 48.5 Å². The molecule has 1 heterocycles. The minimum Gasteiger partial charge on any atom is -0.319 e. The van der Waals surface area contributed by atoms with Crippen LogP contribution in [-0.2, 0) is 23.2 Å². The number of fused-ring (bicyclic) bond motifs is 1. The van der Waals surface area contributed by atoms with Gasteiger partial charge in [0.15, 0.2) is 5.78 Å². The average Bonchev–Trinajstić information content (AvgIpc) is 2.92. The fraction of sp³-hybridized carbons (Fsp3) is 0.318. The number of carbonyl (C=O) groups excluding carboxylic acids is 3. The van der Waals surface area contributed by atoms with Gasteiger partial charge in [-0.3, -0.25) is 14.5 Å². The highest BCUT2D eigenvalue weighted by Crippen LogP contribution is 2.29. The summed E-state index contributed by atoms with van der Waals surface area (Å²) in [5.74, 6) is -0.616. The van der Waals surface area contributed by atoms with Crippen LogP contribution in [0.5, 0.6) is 0 Å². The van der Waals surface area contributed by atoms with Gasteiger partial charge in [0.25, 0.3) is 5.91 Å². The van der Waals surface area contributed by atoms with Crippen LogP contribution in [0.1, 0.15) is 46.8 Å². The summed E-state index contributed by atoms with van der Waals surface area (Å²) in [5.41, 5.74) is 2.62. The molecule has 138 valence electrons. The van der Waals surface area contributed by atoms with E-state index in [0.717, 1.165) is 24.2 Å². The Morgan fingerprint density at radius 2 is 1.74 bits per heavy atom. The van der Waals surface area contributed by atoms with Crippen molar-refractivity contribution in [3.05, 3.63) is 70.8 Å². The number of ketones is 1. The number of hydrogen-bond acceptors (Lipinski definition) is 3. The second-order valence-electron chi connectivity index (χ2n) is 7.43. The first kappa shape index (κ1) is 17.5. The second kappa shape index (κ2) is 6.65. The van der Waals surface area contributed by atoms with Crippen molar-refractivity contribution in [3.63, 3.8) is 0 Å². The Balaban J connectivity index is 1.55. The number of urea groups is 1. The molecule has 1 atom stereocenters. The Bertz CT molecular complexity index is 922. The third-order valence-corrected chi connectivity index (χ3v) is 5.60. The third-order valence-electron chi connectivity index (χ3n) is 5.60. The lowest BCUT2D eigenvalue weighted by Crippen LogP contribution is -2.41. The van der Waals surface area contributed by atoms with E-state index in [1.165, 1.54) is 17.5 Å². The van der Waals surface area contributed by atoms with Crippen molar-refractivity contribution in [2.75, 3.05) is 6.54 Å². The first-order chi connectivity index (χ1) is 13.0. The Morgan fingerprint density at radius 1 is 1.04 bits per heavy atom. The molecule has 1 fully saturated rings. The summed E-state index contributed by atoms with van der Waals surface area (Å²) in [6.07, 6.45) is 4.34. The van der Waals surface area contributed by atoms with Crippen LogP contribution in [0.3, 0.4) is 0 Å². The Labute approximate surface area is 158 Å². The van der Waals surface area contributed by atoms with Crippen molar-refractivity contribution < 1.29 is 14.4 Å². The molecule has 5 heteroatoms. The number of nitrogens with one attached hydrogen (secondary N) is 1. The molecule has 2 aromatic rings. The molecule has 1 unspecified atom stereocenters. The molecule has 0 saturated carbocycles. The van der Waals surface area contributed by atoms with Crippen LogP contribution < -0.4 is 5.32 Å². The van der Waals surface area contributed by atoms with Crippen LogP contribution in [0.4, 0.5) is 4.79 Å². The fourth-order valence-corrected chi connectivity index (χ4v) is 3.95. The van der Waals surface area contributed by atoms with Crippen molar-refractivity contribution in [2.24, 2.45) is 0 Å². The van der Waals surface area contributed by atoms with Gasteiger partial charge in [-0.05, 0) is 55.4 Å². The van der Waals surface area contributed by atoms with Gasteiger partial charge in [0.1, 0.15) is 5.54 Å². The van der Waals surface area contributed by atoms with E-state index < -0.39 is 17.5 Å². The molecule has 1 saturated heterocycles. The molecule has 4 rings (SSSR count). The summed E-state index contributed by atoms with van der Waals surface area (Å²) < 4.78 is 0. The molecule has 0 aromatic heterocycles. The van der Waals surface area contributed by atoms with E-state index in [1.807, 2.05) is 30.3 Å². The van der Waals surface area contributed by atoms with Crippen molar-refractivity contribution in [3.8, 4) is 0 Å². The number of benzene rings is 2. The van der Waals surface area contributed by atoms with E-state index in [0.29, 0.717) is 11.1 Å². The average molecular weight is 362 g/mol. The minimum absolute atomic E-state index is 0.218. The molecule has 0 bridgehead atoms. The summed E-state index contributed by atoms with van der Waals surface area (Å²) in [6, 6.07) is 14.3. The van der Waals surface area contributed by atoms with Crippen LogP contribution in [0.2, 0.25) is 0 Å². The topological polar surface area (TPSA) is 66.5 Å². The fourth-order valence-electron chi connectivity index (χ4n) is 3.95. The largest absolute Gasteiger partial charge is 0.325 e. The highest BCUT2D eigenvalue weighted by atomic mass is 16.2. The standard InChI is InChI=1S/C22H22N2O3/c1-22(18-9-3-2-4-10-18)20(26)24(21(27)23-22)14-19(25)17-12-11-15-7-5-6-8-16(15)13-17/h2-4,9-13H,5-8,14H2,1H3,(H,23,27). The maximum Gasteiger partial charge on any atom is 0.325 e. The van der Waals surface area contributed by atoms with Gasteiger partial charge in [-0.1, -0.05) is 42.5 Å². The molecule has 1 aliphatic heterocycles. The Morgan fingerprint density at radius 3 is 2.48 bits per heavy atom. The van der Waals surface area contributed by atoms with Gasteiger partial charge in [0, 0.05) is 5.56 Å². The Hall–Kier alpha value is -2.95. The second-order valence-corrected chi connectivity index (χ2v) is 7.43. The zero-order chi connectivity index (χ0) is 19.0. The molecular weight excluding hydrogens is 340 g/mol. The highest BCUT2D eigenvalue weighted by Gasteiger charge is 2.49. The van der Waals surface area contributed by atoms with Crippen molar-refractivity contribution in [1.29, 1.82) is 0 Å². The quantitative estimate of drug-likeness (QED) is 0.671. The van der Waals surface area contributed by atoms with E-state index in [2.05, 4.69) is 5.32 Å². The maximum absolute atomic E-state index is 12.9. The van der Waals surface area contributed by atoms with Gasteiger partial charge < -0.3 is 5.32 Å². The van der Waals surface area contributed by atoms with E-state index in [4.69, 9.17) is 0 Å². The summed E-state index contributed by atoms with van der Waals surface area (Å²) in [7, 11) is 0. The molecular formula is C22H22N2O3. The molecule has 0 spiro atoms. The lowest BCUT2D eigenvalue weighted by atomic mass is 9.89. The van der Waals surface area contributed by atoms with Gasteiger partial charge in [0.05, 0.1) is 6.54 Å². The number of rotatable bonds is 4. The number of aryl methyl sites for hydroxylation is 2. The Kier molecular flexibility index (Phi) is 4.30. The third kappa shape index (κ3) is 3.03. The van der Waals surface area contributed by atoms with Crippen LogP contribution in [-0.4, -0.2) is 29.2 Å². The minimum atomic E-state index is -1.14. The maximum atomic E-state index is 12.9. The number of carbonyl (C=O) groups is 3. The molecule has 1 aliphatic carbocycles. The predicted octanol–water partition coefficient (Wildman–Crippen LogP) is 3.22. The molecule has 27 heavy (non-hydrogen) atoms. The monoisotopic (exact) mass is 362 g/mol. The van der Waals surface area contributed by atoms with E-state index in [1.54, 1.807) is 25.1 Å². The van der Waals surface area contributed by atoms with Crippen LogP contribution in [0.25, 0.3) is 0 Å². The summed E-state index contributed by atoms with van der Waals surface area (Å²) in [5, 5.41) is 2.74. The number of hydrogen-bond donors (Lipinski definition) is 1. The van der Waals surface area contributed by atoms with Crippen LogP contribution in [0, 0.1) is 0 Å². The molecule has 0 radical (unpaired) electrons. The SMILES string of the molecule is CC1(c2ccccc2)NC(=O)N(CC(=O)c2ccc3c(c2)CCCC3)C1=O. The summed E-state index contributed by atoms with van der Waals surface area (Å²) >= 11 is 0. The highest BCUT2D eigenvalue weighted by molar-refractivity contribution is 6.11. The van der Waals surface area contributed by atoms with E-state index in [-0.39, 0.29) is 12.3 Å². The first-order valence-electron chi connectivity index (χ1n) is 9.34. The first-order valence-corrected chi connectivity index (χ1v) is 9.34. The summed E-state index contributed by atoms with van der Waals surface area (Å²) in [4.78, 5) is 39.1. The van der Waals surface area contributed by atoms with Crippen molar-refractivity contribution >= 4 is 17.7 Å². The van der Waals surface area contributed by atoms with Crippen molar-refractivity contribution in [1.82, 2.24) is 10.2 Å². The van der Waals surface area contributed by atoms with Crippen LogP contribution >= 0.6 is 0 Å².